The number of benzene rings is 1. The molecule has 5 rings (SSSR count). The summed E-state index contributed by atoms with van der Waals surface area (Å²) >= 11 is 0. The lowest BCUT2D eigenvalue weighted by Gasteiger charge is -2.59. The van der Waals surface area contributed by atoms with Crippen molar-refractivity contribution in [2.24, 2.45) is 23.2 Å². The maximum atomic E-state index is 11.8. The zero-order valence-electron chi connectivity index (χ0n) is 17.0. The molecule has 4 nitrogen and oxygen atoms in total. The number of hydrogen-bond acceptors (Lipinski definition) is 4. The van der Waals surface area contributed by atoms with E-state index in [0.717, 1.165) is 31.4 Å². The fourth-order valence-electron chi connectivity index (χ4n) is 7.48. The summed E-state index contributed by atoms with van der Waals surface area (Å²) in [6, 6.07) is 6.42. The monoisotopic (exact) mass is 372 g/mol. The van der Waals surface area contributed by atoms with Gasteiger partial charge in [0.05, 0.1) is 25.9 Å². The lowest BCUT2D eigenvalue weighted by atomic mass is 9.48. The van der Waals surface area contributed by atoms with Crippen molar-refractivity contribution in [1.29, 1.82) is 0 Å². The van der Waals surface area contributed by atoms with Crippen LogP contribution < -0.4 is 4.74 Å². The molecule has 4 heteroatoms. The third-order valence-corrected chi connectivity index (χ3v) is 8.36. The van der Waals surface area contributed by atoms with Gasteiger partial charge in [-0.1, -0.05) is 19.9 Å². The zero-order chi connectivity index (χ0) is 19.0. The normalized spacial score (nSPS) is 44.6. The van der Waals surface area contributed by atoms with E-state index in [1.165, 1.54) is 11.1 Å². The predicted octanol–water partition coefficient (Wildman–Crippen LogP) is 3.90. The summed E-state index contributed by atoms with van der Waals surface area (Å²) in [5.41, 5.74) is 1.75. The lowest BCUT2D eigenvalue weighted by molar-refractivity contribution is -0.260. The van der Waals surface area contributed by atoms with Gasteiger partial charge in [-0.15, -0.1) is 0 Å². The van der Waals surface area contributed by atoms with Crippen LogP contribution in [0.25, 0.3) is 0 Å². The second-order valence-corrected chi connectivity index (χ2v) is 9.85. The first-order valence-electron chi connectivity index (χ1n) is 10.5. The van der Waals surface area contributed by atoms with Gasteiger partial charge in [0.1, 0.15) is 5.75 Å². The summed E-state index contributed by atoms with van der Waals surface area (Å²) in [5.74, 6) is 2.07. The van der Waals surface area contributed by atoms with Crippen LogP contribution in [0.4, 0.5) is 0 Å². The summed E-state index contributed by atoms with van der Waals surface area (Å²) in [7, 11) is 1.72. The summed E-state index contributed by atoms with van der Waals surface area (Å²) < 4.78 is 17.9. The smallest absolute Gasteiger partial charge is 0.174 e. The van der Waals surface area contributed by atoms with Crippen LogP contribution in [0.2, 0.25) is 0 Å². The topological polar surface area (TPSA) is 47.9 Å². The molecular weight excluding hydrogens is 340 g/mol. The van der Waals surface area contributed by atoms with Crippen molar-refractivity contribution in [2.45, 2.75) is 63.8 Å². The molecule has 1 heterocycles. The molecule has 4 aliphatic rings. The zero-order valence-corrected chi connectivity index (χ0v) is 17.0. The first-order chi connectivity index (χ1) is 12.8. The van der Waals surface area contributed by atoms with Crippen molar-refractivity contribution in [2.75, 3.05) is 20.3 Å². The van der Waals surface area contributed by atoms with Crippen LogP contribution >= 0.6 is 0 Å². The van der Waals surface area contributed by atoms with Crippen molar-refractivity contribution in [3.63, 3.8) is 0 Å². The Hall–Kier alpha value is -1.10. The first kappa shape index (κ1) is 18.0. The average Bonchev–Trinajstić information content (AvgIpc) is 3.20. The fraction of sp³-hybridized carbons (Fsp3) is 0.739. The second-order valence-electron chi connectivity index (χ2n) is 9.85. The van der Waals surface area contributed by atoms with E-state index >= 15 is 0 Å². The maximum Gasteiger partial charge on any atom is 0.174 e. The Morgan fingerprint density at radius 2 is 1.93 bits per heavy atom. The van der Waals surface area contributed by atoms with E-state index in [-0.39, 0.29) is 11.3 Å². The van der Waals surface area contributed by atoms with E-state index in [1.807, 2.05) is 6.92 Å². The van der Waals surface area contributed by atoms with Crippen LogP contribution in [0.3, 0.4) is 0 Å². The molecule has 6 atom stereocenters. The number of rotatable bonds is 1. The Balaban J connectivity index is 1.62. The Morgan fingerprint density at radius 3 is 2.63 bits per heavy atom. The van der Waals surface area contributed by atoms with E-state index in [2.05, 4.69) is 32.0 Å². The molecule has 0 aromatic heterocycles. The van der Waals surface area contributed by atoms with Crippen molar-refractivity contribution >= 4 is 0 Å². The minimum atomic E-state index is -0.777. The van der Waals surface area contributed by atoms with Gasteiger partial charge in [0, 0.05) is 17.8 Å². The van der Waals surface area contributed by atoms with Gasteiger partial charge in [0.25, 0.3) is 0 Å². The molecule has 0 bridgehead atoms. The molecule has 27 heavy (non-hydrogen) atoms. The van der Waals surface area contributed by atoms with Crippen LogP contribution in [-0.4, -0.2) is 36.8 Å². The lowest BCUT2D eigenvalue weighted by Crippen LogP contribution is -2.60. The van der Waals surface area contributed by atoms with E-state index < -0.39 is 11.4 Å². The Morgan fingerprint density at radius 1 is 1.19 bits per heavy atom. The van der Waals surface area contributed by atoms with Gasteiger partial charge in [-0.2, -0.15) is 0 Å². The van der Waals surface area contributed by atoms with Crippen molar-refractivity contribution in [3.8, 4) is 5.75 Å². The van der Waals surface area contributed by atoms with E-state index in [4.69, 9.17) is 14.2 Å². The molecule has 148 valence electrons. The van der Waals surface area contributed by atoms with Crippen molar-refractivity contribution < 1.29 is 19.3 Å². The highest BCUT2D eigenvalue weighted by Crippen LogP contribution is 2.69. The number of aliphatic hydroxyl groups is 1. The summed E-state index contributed by atoms with van der Waals surface area (Å²) in [5, 5.41) is 11.8. The molecule has 2 saturated carbocycles. The molecule has 6 unspecified atom stereocenters. The summed E-state index contributed by atoms with van der Waals surface area (Å²) in [6.45, 7) is 8.08. The standard InChI is InChI=1S/C23H32O4/c1-14-11-15-12-16(25-4)5-6-17(15)20-19(14)18-7-8-23(26-9-10-27-23)21(18,2)13-22(20,3)24/h5-6,12,14,18-20,24H,7-11,13H2,1-4H3. The fourth-order valence-corrected chi connectivity index (χ4v) is 7.48. The van der Waals surface area contributed by atoms with Crippen LogP contribution in [0.1, 0.15) is 57.1 Å². The van der Waals surface area contributed by atoms with E-state index in [9.17, 15) is 5.11 Å². The minimum Gasteiger partial charge on any atom is -0.497 e. The molecule has 1 spiro atoms. The number of hydrogen-bond donors (Lipinski definition) is 1. The van der Waals surface area contributed by atoms with E-state index in [1.54, 1.807) is 7.11 Å². The van der Waals surface area contributed by atoms with Crippen LogP contribution in [0.5, 0.6) is 5.75 Å². The van der Waals surface area contributed by atoms with Gasteiger partial charge in [0.2, 0.25) is 0 Å². The SMILES string of the molecule is COc1ccc2c(c1)CC(C)C1C2C(C)(O)CC2(C)C1CCC21OCCO1. The van der Waals surface area contributed by atoms with Gasteiger partial charge in [0.15, 0.2) is 5.79 Å². The quantitative estimate of drug-likeness (QED) is 0.812. The molecule has 1 aromatic carbocycles. The van der Waals surface area contributed by atoms with Gasteiger partial charge in [-0.25, -0.2) is 0 Å². The number of fused-ring (bicyclic) bond motifs is 6. The maximum absolute atomic E-state index is 11.8. The van der Waals surface area contributed by atoms with Crippen LogP contribution in [-0.2, 0) is 15.9 Å². The Bertz CT molecular complexity index is 751. The van der Waals surface area contributed by atoms with Crippen molar-refractivity contribution in [1.82, 2.24) is 0 Å². The third-order valence-electron chi connectivity index (χ3n) is 8.36. The molecule has 3 fully saturated rings. The van der Waals surface area contributed by atoms with Crippen LogP contribution in [0, 0.1) is 23.2 Å². The first-order valence-corrected chi connectivity index (χ1v) is 10.5. The van der Waals surface area contributed by atoms with Gasteiger partial charge < -0.3 is 19.3 Å². The summed E-state index contributed by atoms with van der Waals surface area (Å²) in [4.78, 5) is 0. The highest BCUT2D eigenvalue weighted by molar-refractivity contribution is 5.43. The molecule has 3 aliphatic carbocycles. The van der Waals surface area contributed by atoms with Gasteiger partial charge in [-0.3, -0.25) is 0 Å². The largest absolute Gasteiger partial charge is 0.497 e. The average molecular weight is 373 g/mol. The van der Waals surface area contributed by atoms with Gasteiger partial charge in [-0.05, 0) is 67.2 Å². The van der Waals surface area contributed by atoms with E-state index in [0.29, 0.717) is 31.0 Å². The van der Waals surface area contributed by atoms with Gasteiger partial charge >= 0.3 is 0 Å². The third kappa shape index (κ3) is 2.27. The molecule has 1 aliphatic heterocycles. The number of methoxy groups -OCH3 is 1. The highest BCUT2D eigenvalue weighted by Gasteiger charge is 2.69. The summed E-state index contributed by atoms with van der Waals surface area (Å²) in [6.07, 6.45) is 3.86. The van der Waals surface area contributed by atoms with Crippen molar-refractivity contribution in [3.05, 3.63) is 29.3 Å². The van der Waals surface area contributed by atoms with Crippen LogP contribution in [0.15, 0.2) is 18.2 Å². The Kier molecular flexibility index (Phi) is 3.80. The molecule has 0 amide bonds. The highest BCUT2D eigenvalue weighted by atomic mass is 16.7. The Labute approximate surface area is 162 Å². The molecule has 1 saturated heterocycles. The molecule has 1 aromatic rings. The molecule has 0 radical (unpaired) electrons. The number of ether oxygens (including phenoxy) is 3. The minimum absolute atomic E-state index is 0.133. The molecular formula is C23H32O4. The predicted molar refractivity (Wildman–Crippen MR) is 103 cm³/mol. The second kappa shape index (κ2) is 5.71. The molecule has 1 N–H and O–H groups in total.